The third kappa shape index (κ3) is 4.85. The summed E-state index contributed by atoms with van der Waals surface area (Å²) in [7, 11) is 0. The van der Waals surface area contributed by atoms with Gasteiger partial charge in [-0.15, -0.1) is 0 Å². The quantitative estimate of drug-likeness (QED) is 0.571. The molecular formula is C22H24ClFN6O. The van der Waals surface area contributed by atoms with Crippen LogP contribution in [0.4, 0.5) is 10.2 Å². The van der Waals surface area contributed by atoms with Crippen LogP contribution in [0.5, 0.6) is 0 Å². The van der Waals surface area contributed by atoms with Crippen molar-refractivity contribution in [2.24, 2.45) is 5.92 Å². The molecule has 0 spiro atoms. The lowest BCUT2D eigenvalue weighted by Gasteiger charge is -2.32. The summed E-state index contributed by atoms with van der Waals surface area (Å²) in [6.07, 6.45) is 8.01. The van der Waals surface area contributed by atoms with Gasteiger partial charge in [0.1, 0.15) is 5.65 Å². The highest BCUT2D eigenvalue weighted by atomic mass is 35.5. The zero-order valence-corrected chi connectivity index (χ0v) is 18.2. The minimum Gasteiger partial charge on any atom is -0.367 e. The van der Waals surface area contributed by atoms with Gasteiger partial charge in [-0.3, -0.25) is 4.79 Å². The van der Waals surface area contributed by atoms with Crippen LogP contribution in [-0.2, 0) is 4.79 Å². The number of hydrogen-bond acceptors (Lipinski definition) is 5. The van der Waals surface area contributed by atoms with Crippen LogP contribution < -0.4 is 5.32 Å². The Balaban J connectivity index is 1.49. The first-order valence-corrected chi connectivity index (χ1v) is 10.6. The van der Waals surface area contributed by atoms with Gasteiger partial charge in [0.25, 0.3) is 0 Å². The molecule has 1 atom stereocenters. The second-order valence-corrected chi connectivity index (χ2v) is 8.47. The van der Waals surface area contributed by atoms with Crippen LogP contribution in [-0.4, -0.2) is 50.4 Å². The average Bonchev–Trinajstić information content (AvgIpc) is 3.16. The van der Waals surface area contributed by atoms with Crippen LogP contribution in [0.15, 0.2) is 36.3 Å². The van der Waals surface area contributed by atoms with E-state index in [0.29, 0.717) is 35.1 Å². The molecule has 0 aliphatic carbocycles. The van der Waals surface area contributed by atoms with Gasteiger partial charge in [-0.1, -0.05) is 17.2 Å². The third-order valence-corrected chi connectivity index (χ3v) is 5.49. The predicted octanol–water partition coefficient (Wildman–Crippen LogP) is 4.43. The Morgan fingerprint density at radius 1 is 1.39 bits per heavy atom. The number of nitrogens with one attached hydrogen (secondary N) is 2. The number of carbonyl (C=O) groups excluding carboxylic acids is 1. The SMILES string of the molecule is CC(C)=CC(=O)N1CCC[C@H](CNc2nc(-c3c[nH]c4ncc(Cl)cc34)ncc2F)C1. The number of piperidine rings is 1. The number of aromatic nitrogens is 4. The number of H-pyrrole nitrogens is 1. The van der Waals surface area contributed by atoms with Crippen molar-refractivity contribution >= 4 is 34.4 Å². The minimum absolute atomic E-state index is 0.0341. The van der Waals surface area contributed by atoms with Gasteiger partial charge in [0.15, 0.2) is 17.5 Å². The number of rotatable bonds is 5. The molecule has 1 saturated heterocycles. The average molecular weight is 443 g/mol. The fourth-order valence-corrected chi connectivity index (χ4v) is 3.95. The molecule has 1 fully saturated rings. The highest BCUT2D eigenvalue weighted by Gasteiger charge is 2.23. The molecule has 3 aromatic heterocycles. The van der Waals surface area contributed by atoms with Gasteiger partial charge in [0.2, 0.25) is 5.91 Å². The molecule has 4 rings (SSSR count). The van der Waals surface area contributed by atoms with Crippen molar-refractivity contribution in [1.82, 2.24) is 24.8 Å². The van der Waals surface area contributed by atoms with E-state index in [0.717, 1.165) is 36.5 Å². The summed E-state index contributed by atoms with van der Waals surface area (Å²) in [5.74, 6) is 0.252. The van der Waals surface area contributed by atoms with E-state index in [1.54, 1.807) is 24.5 Å². The topological polar surface area (TPSA) is 86.8 Å². The second-order valence-electron chi connectivity index (χ2n) is 8.04. The van der Waals surface area contributed by atoms with E-state index >= 15 is 0 Å². The summed E-state index contributed by atoms with van der Waals surface area (Å²) in [5, 5.41) is 4.38. The first-order chi connectivity index (χ1) is 14.9. The van der Waals surface area contributed by atoms with E-state index in [2.05, 4.69) is 25.3 Å². The number of anilines is 1. The monoisotopic (exact) mass is 442 g/mol. The molecule has 0 unspecified atom stereocenters. The van der Waals surface area contributed by atoms with Gasteiger partial charge in [0.05, 0.1) is 11.2 Å². The lowest BCUT2D eigenvalue weighted by atomic mass is 9.98. The van der Waals surface area contributed by atoms with Gasteiger partial charge in [-0.25, -0.2) is 19.3 Å². The van der Waals surface area contributed by atoms with Gasteiger partial charge in [-0.05, 0) is 38.7 Å². The highest BCUT2D eigenvalue weighted by molar-refractivity contribution is 6.31. The predicted molar refractivity (Wildman–Crippen MR) is 119 cm³/mol. The number of carbonyl (C=O) groups is 1. The van der Waals surface area contributed by atoms with E-state index in [-0.39, 0.29) is 17.6 Å². The van der Waals surface area contributed by atoms with Crippen molar-refractivity contribution in [3.8, 4) is 11.4 Å². The summed E-state index contributed by atoms with van der Waals surface area (Å²) in [5.41, 5.74) is 2.34. The molecule has 9 heteroatoms. The minimum atomic E-state index is -0.520. The Morgan fingerprint density at radius 2 is 2.23 bits per heavy atom. The number of aromatic amines is 1. The van der Waals surface area contributed by atoms with Crippen LogP contribution in [0.2, 0.25) is 5.02 Å². The maximum absolute atomic E-state index is 14.4. The number of fused-ring (bicyclic) bond motifs is 1. The van der Waals surface area contributed by atoms with Crippen molar-refractivity contribution in [2.45, 2.75) is 26.7 Å². The van der Waals surface area contributed by atoms with E-state index in [1.165, 1.54) is 0 Å². The smallest absolute Gasteiger partial charge is 0.246 e. The Hall–Kier alpha value is -3.00. The zero-order valence-electron chi connectivity index (χ0n) is 17.5. The molecule has 0 saturated carbocycles. The number of pyridine rings is 1. The maximum atomic E-state index is 14.4. The van der Waals surface area contributed by atoms with Gasteiger partial charge in [0, 0.05) is 49.1 Å². The van der Waals surface area contributed by atoms with Crippen LogP contribution in [0, 0.1) is 11.7 Å². The third-order valence-electron chi connectivity index (χ3n) is 5.28. The second kappa shape index (κ2) is 9.01. The van der Waals surface area contributed by atoms with E-state index < -0.39 is 5.82 Å². The Kier molecular flexibility index (Phi) is 6.18. The number of likely N-dealkylation sites (tertiary alicyclic amines) is 1. The molecule has 2 N–H and O–H groups in total. The molecule has 0 aromatic carbocycles. The van der Waals surface area contributed by atoms with Crippen molar-refractivity contribution in [2.75, 3.05) is 25.0 Å². The lowest BCUT2D eigenvalue weighted by Crippen LogP contribution is -2.41. The standard InChI is InChI=1S/C22H24ClFN6O/c1-13(2)6-19(31)30-5-3-4-14(12-30)8-25-22-18(24)11-28-21(29-22)17-10-27-20-16(17)7-15(23)9-26-20/h6-7,9-11,14H,3-5,8,12H2,1-2H3,(H,26,27)(H,25,28,29)/t14-/m1/s1. The van der Waals surface area contributed by atoms with Gasteiger partial charge < -0.3 is 15.2 Å². The first kappa shape index (κ1) is 21.2. The van der Waals surface area contributed by atoms with Crippen LogP contribution in [0.1, 0.15) is 26.7 Å². The summed E-state index contributed by atoms with van der Waals surface area (Å²) in [6.45, 7) is 5.74. The molecule has 31 heavy (non-hydrogen) atoms. The largest absolute Gasteiger partial charge is 0.367 e. The normalized spacial score (nSPS) is 16.4. The number of nitrogens with zero attached hydrogens (tertiary/aromatic N) is 4. The molecule has 162 valence electrons. The van der Waals surface area contributed by atoms with E-state index in [9.17, 15) is 9.18 Å². The molecule has 7 nitrogen and oxygen atoms in total. The van der Waals surface area contributed by atoms with Crippen LogP contribution in [0.3, 0.4) is 0 Å². The number of allylic oxidation sites excluding steroid dienone is 1. The van der Waals surface area contributed by atoms with Crippen molar-refractivity contribution < 1.29 is 9.18 Å². The molecule has 1 aliphatic rings. The molecule has 1 aliphatic heterocycles. The number of hydrogen-bond donors (Lipinski definition) is 2. The number of amides is 1. The van der Waals surface area contributed by atoms with E-state index in [4.69, 9.17) is 11.6 Å². The molecular weight excluding hydrogens is 419 g/mol. The summed E-state index contributed by atoms with van der Waals surface area (Å²) < 4.78 is 14.4. The summed E-state index contributed by atoms with van der Waals surface area (Å²) in [4.78, 5) is 30.0. The van der Waals surface area contributed by atoms with Crippen LogP contribution >= 0.6 is 11.6 Å². The lowest BCUT2D eigenvalue weighted by molar-refractivity contribution is -0.127. The van der Waals surface area contributed by atoms with Crippen LogP contribution in [0.25, 0.3) is 22.4 Å². The van der Waals surface area contributed by atoms with E-state index in [1.807, 2.05) is 18.7 Å². The van der Waals surface area contributed by atoms with Gasteiger partial charge >= 0.3 is 0 Å². The summed E-state index contributed by atoms with van der Waals surface area (Å²) >= 11 is 6.07. The molecule has 1 amide bonds. The molecule has 0 bridgehead atoms. The Morgan fingerprint density at radius 3 is 3.03 bits per heavy atom. The highest BCUT2D eigenvalue weighted by Crippen LogP contribution is 2.28. The Bertz CT molecular complexity index is 1140. The molecule has 0 radical (unpaired) electrons. The Labute approximate surface area is 184 Å². The number of halogens is 2. The molecule has 4 heterocycles. The summed E-state index contributed by atoms with van der Waals surface area (Å²) in [6, 6.07) is 1.77. The molecule has 3 aromatic rings. The first-order valence-electron chi connectivity index (χ1n) is 10.2. The zero-order chi connectivity index (χ0) is 22.0. The maximum Gasteiger partial charge on any atom is 0.246 e. The van der Waals surface area contributed by atoms with Crippen molar-refractivity contribution in [3.63, 3.8) is 0 Å². The van der Waals surface area contributed by atoms with Gasteiger partial charge in [-0.2, -0.15) is 0 Å². The van der Waals surface area contributed by atoms with Crippen molar-refractivity contribution in [1.29, 1.82) is 0 Å². The fraction of sp³-hybridized carbons (Fsp3) is 0.364. The van der Waals surface area contributed by atoms with Crippen molar-refractivity contribution in [3.05, 3.63) is 47.1 Å². The fourth-order valence-electron chi connectivity index (χ4n) is 3.79.